The molecule has 3 aromatic rings. The van der Waals surface area contributed by atoms with Crippen LogP contribution < -0.4 is 0 Å². The fourth-order valence-electron chi connectivity index (χ4n) is 1.70. The van der Waals surface area contributed by atoms with Gasteiger partial charge >= 0.3 is 0 Å². The van der Waals surface area contributed by atoms with Gasteiger partial charge in [0.2, 0.25) is 0 Å². The molecule has 0 radical (unpaired) electrons. The summed E-state index contributed by atoms with van der Waals surface area (Å²) in [6.07, 6.45) is 5.39. The monoisotopic (exact) mass is 288 g/mol. The van der Waals surface area contributed by atoms with Crippen LogP contribution in [0.3, 0.4) is 0 Å². The molecule has 0 unspecified atom stereocenters. The molecule has 0 amide bonds. The van der Waals surface area contributed by atoms with E-state index in [2.05, 4.69) is 31.0 Å². The average molecular weight is 289 g/mol. The van der Waals surface area contributed by atoms with E-state index in [1.807, 2.05) is 31.3 Å². The summed E-state index contributed by atoms with van der Waals surface area (Å²) in [7, 11) is 0. The predicted molar refractivity (Wildman–Crippen MR) is 68.7 cm³/mol. The van der Waals surface area contributed by atoms with Gasteiger partial charge in [0.1, 0.15) is 0 Å². The molecule has 3 heterocycles. The SMILES string of the molecule is Cc1cccn2nc(-c3cncc(Br)c3)nc12. The predicted octanol–water partition coefficient (Wildman–Crippen LogP) is 2.86. The molecule has 0 N–H and O–H groups in total. The largest absolute Gasteiger partial charge is 0.263 e. The lowest BCUT2D eigenvalue weighted by Crippen LogP contribution is -1.87. The Morgan fingerprint density at radius 2 is 2.18 bits per heavy atom. The molecule has 0 fully saturated rings. The molecule has 3 rings (SSSR count). The van der Waals surface area contributed by atoms with Gasteiger partial charge in [-0.2, -0.15) is 0 Å². The Bertz CT molecular complexity index is 690. The maximum atomic E-state index is 4.51. The van der Waals surface area contributed by atoms with Gasteiger partial charge in [-0.05, 0) is 40.5 Å². The second-order valence-electron chi connectivity index (χ2n) is 3.79. The highest BCUT2D eigenvalue weighted by molar-refractivity contribution is 9.10. The van der Waals surface area contributed by atoms with Crippen LogP contribution in [-0.2, 0) is 0 Å². The van der Waals surface area contributed by atoms with E-state index in [0.717, 1.165) is 21.2 Å². The number of aromatic nitrogens is 4. The van der Waals surface area contributed by atoms with Crippen molar-refractivity contribution in [3.8, 4) is 11.4 Å². The first-order valence-corrected chi connectivity index (χ1v) is 5.96. The number of hydrogen-bond donors (Lipinski definition) is 0. The van der Waals surface area contributed by atoms with Crippen LogP contribution in [0.2, 0.25) is 0 Å². The van der Waals surface area contributed by atoms with Crippen molar-refractivity contribution in [3.63, 3.8) is 0 Å². The van der Waals surface area contributed by atoms with Crippen LogP contribution in [-0.4, -0.2) is 19.6 Å². The van der Waals surface area contributed by atoms with Crippen LogP contribution in [0.1, 0.15) is 5.56 Å². The summed E-state index contributed by atoms with van der Waals surface area (Å²) in [5.74, 6) is 0.688. The smallest absolute Gasteiger partial charge is 0.183 e. The Morgan fingerprint density at radius 1 is 1.29 bits per heavy atom. The van der Waals surface area contributed by atoms with Crippen molar-refractivity contribution in [2.75, 3.05) is 0 Å². The number of rotatable bonds is 1. The molecule has 5 heteroatoms. The minimum Gasteiger partial charge on any atom is -0.263 e. The lowest BCUT2D eigenvalue weighted by Gasteiger charge is -1.93. The van der Waals surface area contributed by atoms with Gasteiger partial charge < -0.3 is 0 Å². The minimum atomic E-state index is 0.688. The lowest BCUT2D eigenvalue weighted by atomic mass is 10.3. The summed E-state index contributed by atoms with van der Waals surface area (Å²) < 4.78 is 2.71. The fraction of sp³-hybridized carbons (Fsp3) is 0.0833. The van der Waals surface area contributed by atoms with Crippen LogP contribution in [0.15, 0.2) is 41.3 Å². The van der Waals surface area contributed by atoms with Crippen LogP contribution in [0, 0.1) is 6.92 Å². The highest BCUT2D eigenvalue weighted by atomic mass is 79.9. The molecule has 0 spiro atoms. The second kappa shape index (κ2) is 3.92. The Balaban J connectivity index is 2.22. The van der Waals surface area contributed by atoms with Crippen molar-refractivity contribution in [1.82, 2.24) is 19.6 Å². The zero-order chi connectivity index (χ0) is 11.8. The van der Waals surface area contributed by atoms with Crippen molar-refractivity contribution < 1.29 is 0 Å². The van der Waals surface area contributed by atoms with Crippen LogP contribution >= 0.6 is 15.9 Å². The molecule has 17 heavy (non-hydrogen) atoms. The maximum Gasteiger partial charge on any atom is 0.183 e. The first-order valence-electron chi connectivity index (χ1n) is 5.17. The van der Waals surface area contributed by atoms with Crippen LogP contribution in [0.5, 0.6) is 0 Å². The summed E-state index contributed by atoms with van der Waals surface area (Å²) >= 11 is 3.39. The highest BCUT2D eigenvalue weighted by Crippen LogP contribution is 2.20. The Hall–Kier alpha value is -1.75. The van der Waals surface area contributed by atoms with Gasteiger partial charge in [-0.3, -0.25) is 4.98 Å². The zero-order valence-electron chi connectivity index (χ0n) is 9.13. The molecule has 0 aliphatic carbocycles. The van der Waals surface area contributed by atoms with Gasteiger partial charge in [-0.25, -0.2) is 9.50 Å². The van der Waals surface area contributed by atoms with Gasteiger partial charge in [0.15, 0.2) is 11.5 Å². The molecular formula is C12H9BrN4. The minimum absolute atomic E-state index is 0.688. The van der Waals surface area contributed by atoms with Gasteiger partial charge in [-0.1, -0.05) is 6.07 Å². The van der Waals surface area contributed by atoms with E-state index in [0.29, 0.717) is 5.82 Å². The Kier molecular flexibility index (Phi) is 2.40. The van der Waals surface area contributed by atoms with Crippen molar-refractivity contribution in [2.24, 2.45) is 0 Å². The Morgan fingerprint density at radius 3 is 2.94 bits per heavy atom. The van der Waals surface area contributed by atoms with Crippen molar-refractivity contribution >= 4 is 21.6 Å². The average Bonchev–Trinajstić information content (AvgIpc) is 2.74. The molecule has 0 aliphatic heterocycles. The number of halogens is 1. The molecule has 0 bridgehead atoms. The molecule has 0 saturated heterocycles. The first kappa shape index (κ1) is 10.4. The fourth-order valence-corrected chi connectivity index (χ4v) is 2.06. The van der Waals surface area contributed by atoms with Crippen molar-refractivity contribution in [3.05, 3.63) is 46.8 Å². The van der Waals surface area contributed by atoms with E-state index in [4.69, 9.17) is 0 Å². The van der Waals surface area contributed by atoms with Crippen LogP contribution in [0.4, 0.5) is 0 Å². The third kappa shape index (κ3) is 1.82. The standard InChI is InChI=1S/C12H9BrN4/c1-8-3-2-4-17-12(8)15-11(16-17)9-5-10(13)7-14-6-9/h2-7H,1H3. The molecule has 0 atom stereocenters. The lowest BCUT2D eigenvalue weighted by molar-refractivity contribution is 0.959. The van der Waals surface area contributed by atoms with E-state index >= 15 is 0 Å². The summed E-state index contributed by atoms with van der Waals surface area (Å²) in [6, 6.07) is 5.93. The van der Waals surface area contributed by atoms with Gasteiger partial charge in [0, 0.05) is 28.6 Å². The van der Waals surface area contributed by atoms with E-state index in [9.17, 15) is 0 Å². The highest BCUT2D eigenvalue weighted by Gasteiger charge is 2.08. The summed E-state index contributed by atoms with van der Waals surface area (Å²) in [4.78, 5) is 8.63. The van der Waals surface area contributed by atoms with Crippen LogP contribution in [0.25, 0.3) is 17.0 Å². The number of nitrogens with zero attached hydrogens (tertiary/aromatic N) is 4. The van der Waals surface area contributed by atoms with E-state index < -0.39 is 0 Å². The first-order chi connectivity index (χ1) is 8.24. The quantitative estimate of drug-likeness (QED) is 0.692. The Labute approximate surface area is 106 Å². The number of pyridine rings is 2. The van der Waals surface area contributed by atoms with Gasteiger partial charge in [-0.15, -0.1) is 5.10 Å². The topological polar surface area (TPSA) is 43.1 Å². The molecular weight excluding hydrogens is 280 g/mol. The van der Waals surface area contributed by atoms with Gasteiger partial charge in [0.05, 0.1) is 0 Å². The summed E-state index contributed by atoms with van der Waals surface area (Å²) in [5, 5.41) is 4.43. The van der Waals surface area contributed by atoms with Crippen molar-refractivity contribution in [2.45, 2.75) is 6.92 Å². The van der Waals surface area contributed by atoms with E-state index in [-0.39, 0.29) is 0 Å². The maximum absolute atomic E-state index is 4.51. The number of hydrogen-bond acceptors (Lipinski definition) is 3. The molecule has 0 saturated carbocycles. The number of aryl methyl sites for hydroxylation is 1. The molecule has 3 aromatic heterocycles. The summed E-state index contributed by atoms with van der Waals surface area (Å²) in [5.41, 5.74) is 2.89. The molecule has 0 aromatic carbocycles. The zero-order valence-corrected chi connectivity index (χ0v) is 10.7. The van der Waals surface area contributed by atoms with E-state index in [1.54, 1.807) is 16.9 Å². The van der Waals surface area contributed by atoms with E-state index in [1.165, 1.54) is 0 Å². The molecule has 4 nitrogen and oxygen atoms in total. The van der Waals surface area contributed by atoms with Crippen molar-refractivity contribution in [1.29, 1.82) is 0 Å². The molecule has 0 aliphatic rings. The molecule has 84 valence electrons. The third-order valence-corrected chi connectivity index (χ3v) is 2.95. The normalized spacial score (nSPS) is 10.9. The van der Waals surface area contributed by atoms with Gasteiger partial charge in [0.25, 0.3) is 0 Å². The summed E-state index contributed by atoms with van der Waals surface area (Å²) in [6.45, 7) is 2.02. The second-order valence-corrected chi connectivity index (χ2v) is 4.70. The number of fused-ring (bicyclic) bond motifs is 1. The third-order valence-electron chi connectivity index (χ3n) is 2.52.